The minimum absolute atomic E-state index is 0.0144. The van der Waals surface area contributed by atoms with E-state index >= 15 is 0 Å². The standard InChI is InChI=1S/C13H9N3O3/c17-13(18)11-12(19-9-4-3-6-14-8-9)15-10-5-1-2-7-16(10)11/h1-8H,(H,17,18). The number of hydrogen-bond donors (Lipinski definition) is 1. The van der Waals surface area contributed by atoms with Crippen molar-refractivity contribution >= 4 is 11.6 Å². The monoisotopic (exact) mass is 255 g/mol. The van der Waals surface area contributed by atoms with E-state index in [1.807, 2.05) is 0 Å². The molecule has 0 saturated carbocycles. The van der Waals surface area contributed by atoms with Crippen LogP contribution in [0.2, 0.25) is 0 Å². The Morgan fingerprint density at radius 2 is 2.16 bits per heavy atom. The van der Waals surface area contributed by atoms with Crippen molar-refractivity contribution in [1.29, 1.82) is 0 Å². The molecule has 3 aromatic rings. The topological polar surface area (TPSA) is 76.7 Å². The summed E-state index contributed by atoms with van der Waals surface area (Å²) in [5, 5.41) is 9.27. The second-order valence-corrected chi connectivity index (χ2v) is 3.79. The van der Waals surface area contributed by atoms with Crippen molar-refractivity contribution in [2.75, 3.05) is 0 Å². The largest absolute Gasteiger partial charge is 0.476 e. The molecule has 0 saturated heterocycles. The number of ether oxygens (including phenoxy) is 1. The van der Waals surface area contributed by atoms with Crippen LogP contribution in [0.15, 0.2) is 48.9 Å². The number of carboxylic acids is 1. The number of aromatic carboxylic acids is 1. The van der Waals surface area contributed by atoms with Crippen molar-refractivity contribution in [2.24, 2.45) is 0 Å². The number of hydrogen-bond acceptors (Lipinski definition) is 4. The van der Waals surface area contributed by atoms with E-state index in [4.69, 9.17) is 4.74 Å². The average Bonchev–Trinajstić information content (AvgIpc) is 2.77. The molecule has 0 fully saturated rings. The zero-order valence-corrected chi connectivity index (χ0v) is 9.72. The highest BCUT2D eigenvalue weighted by atomic mass is 16.5. The smallest absolute Gasteiger partial charge is 0.358 e. The molecular weight excluding hydrogens is 246 g/mol. The summed E-state index contributed by atoms with van der Waals surface area (Å²) in [5.41, 5.74) is 0.498. The minimum Gasteiger partial charge on any atom is -0.476 e. The zero-order chi connectivity index (χ0) is 13.2. The summed E-state index contributed by atoms with van der Waals surface area (Å²) < 4.78 is 6.95. The Labute approximate surface area is 107 Å². The van der Waals surface area contributed by atoms with E-state index in [1.54, 1.807) is 42.7 Å². The molecule has 6 nitrogen and oxygen atoms in total. The fraction of sp³-hybridized carbons (Fsp3) is 0. The number of aromatic nitrogens is 3. The highest BCUT2D eigenvalue weighted by Crippen LogP contribution is 2.25. The number of pyridine rings is 2. The van der Waals surface area contributed by atoms with E-state index in [0.29, 0.717) is 11.4 Å². The summed E-state index contributed by atoms with van der Waals surface area (Å²) in [7, 11) is 0. The van der Waals surface area contributed by atoms with Gasteiger partial charge in [-0.1, -0.05) is 6.07 Å². The summed E-state index contributed by atoms with van der Waals surface area (Å²) in [6, 6.07) is 8.60. The van der Waals surface area contributed by atoms with Crippen molar-refractivity contribution in [3.63, 3.8) is 0 Å². The predicted molar refractivity (Wildman–Crippen MR) is 66.5 cm³/mol. The van der Waals surface area contributed by atoms with Crippen molar-refractivity contribution in [3.8, 4) is 11.6 Å². The number of nitrogens with zero attached hydrogens (tertiary/aromatic N) is 3. The molecule has 0 spiro atoms. The second-order valence-electron chi connectivity index (χ2n) is 3.79. The Morgan fingerprint density at radius 3 is 2.89 bits per heavy atom. The van der Waals surface area contributed by atoms with E-state index in [2.05, 4.69) is 9.97 Å². The predicted octanol–water partition coefficient (Wildman–Crippen LogP) is 2.22. The van der Waals surface area contributed by atoms with E-state index in [9.17, 15) is 9.90 Å². The molecule has 0 aromatic carbocycles. The molecular formula is C13H9N3O3. The van der Waals surface area contributed by atoms with Crippen LogP contribution in [0.25, 0.3) is 5.65 Å². The highest BCUT2D eigenvalue weighted by molar-refractivity contribution is 5.89. The first-order valence-corrected chi connectivity index (χ1v) is 5.54. The molecule has 19 heavy (non-hydrogen) atoms. The molecule has 1 N–H and O–H groups in total. The molecule has 6 heteroatoms. The van der Waals surface area contributed by atoms with Crippen LogP contribution in [-0.4, -0.2) is 25.4 Å². The molecule has 0 aliphatic carbocycles. The van der Waals surface area contributed by atoms with Crippen LogP contribution in [0, 0.1) is 0 Å². The Hall–Kier alpha value is -2.89. The summed E-state index contributed by atoms with van der Waals surface area (Å²) >= 11 is 0. The van der Waals surface area contributed by atoms with Gasteiger partial charge in [0.05, 0.1) is 6.20 Å². The summed E-state index contributed by atoms with van der Waals surface area (Å²) in [5.74, 6) is -0.613. The molecule has 0 amide bonds. The number of rotatable bonds is 3. The van der Waals surface area contributed by atoms with Gasteiger partial charge in [0, 0.05) is 12.4 Å². The van der Waals surface area contributed by atoms with Gasteiger partial charge in [0.2, 0.25) is 0 Å². The summed E-state index contributed by atoms with van der Waals surface area (Å²) in [6.07, 6.45) is 4.73. The molecule has 3 aromatic heterocycles. The molecule has 3 heterocycles. The van der Waals surface area contributed by atoms with Gasteiger partial charge in [-0.05, 0) is 24.3 Å². The van der Waals surface area contributed by atoms with Gasteiger partial charge in [0.1, 0.15) is 11.4 Å². The number of imidazole rings is 1. The van der Waals surface area contributed by atoms with E-state index in [-0.39, 0.29) is 11.6 Å². The number of carbonyl (C=O) groups is 1. The fourth-order valence-corrected chi connectivity index (χ4v) is 1.76. The quantitative estimate of drug-likeness (QED) is 0.776. The van der Waals surface area contributed by atoms with Gasteiger partial charge in [-0.25, -0.2) is 4.79 Å². The van der Waals surface area contributed by atoms with Gasteiger partial charge in [0.25, 0.3) is 5.88 Å². The Balaban J connectivity index is 2.13. The van der Waals surface area contributed by atoms with Crippen molar-refractivity contribution in [2.45, 2.75) is 0 Å². The lowest BCUT2D eigenvalue weighted by atomic mass is 10.4. The van der Waals surface area contributed by atoms with Crippen LogP contribution in [0.3, 0.4) is 0 Å². The van der Waals surface area contributed by atoms with Crippen LogP contribution in [0.4, 0.5) is 0 Å². The van der Waals surface area contributed by atoms with E-state index in [0.717, 1.165) is 0 Å². The highest BCUT2D eigenvalue weighted by Gasteiger charge is 2.20. The van der Waals surface area contributed by atoms with Crippen LogP contribution >= 0.6 is 0 Å². The van der Waals surface area contributed by atoms with Gasteiger partial charge in [0.15, 0.2) is 5.69 Å². The van der Waals surface area contributed by atoms with Crippen molar-refractivity contribution in [1.82, 2.24) is 14.4 Å². The maximum atomic E-state index is 11.3. The molecule has 3 rings (SSSR count). The Bertz CT molecular complexity index is 737. The lowest BCUT2D eigenvalue weighted by Crippen LogP contribution is -2.03. The van der Waals surface area contributed by atoms with Crippen LogP contribution in [-0.2, 0) is 0 Å². The second kappa shape index (κ2) is 4.41. The third kappa shape index (κ3) is 1.99. The zero-order valence-electron chi connectivity index (χ0n) is 9.72. The first-order valence-electron chi connectivity index (χ1n) is 5.54. The van der Waals surface area contributed by atoms with Gasteiger partial charge < -0.3 is 9.84 Å². The SMILES string of the molecule is O=C(O)c1c(Oc2cccnc2)nc2ccccn12. The minimum atomic E-state index is -1.10. The third-order valence-corrected chi connectivity index (χ3v) is 2.55. The van der Waals surface area contributed by atoms with E-state index in [1.165, 1.54) is 10.6 Å². The fourth-order valence-electron chi connectivity index (χ4n) is 1.76. The van der Waals surface area contributed by atoms with Crippen LogP contribution < -0.4 is 4.74 Å². The molecule has 94 valence electrons. The third-order valence-electron chi connectivity index (χ3n) is 2.55. The van der Waals surface area contributed by atoms with Crippen LogP contribution in [0.5, 0.6) is 11.6 Å². The molecule has 0 aliphatic heterocycles. The first-order chi connectivity index (χ1) is 9.25. The maximum Gasteiger partial charge on any atom is 0.358 e. The number of carboxylic acid groups (broad SMARTS) is 1. The molecule has 0 aliphatic rings. The molecule has 0 atom stereocenters. The molecule has 0 radical (unpaired) electrons. The van der Waals surface area contributed by atoms with Crippen molar-refractivity contribution < 1.29 is 14.6 Å². The van der Waals surface area contributed by atoms with Gasteiger partial charge in [-0.2, -0.15) is 4.98 Å². The molecule has 0 bridgehead atoms. The Kier molecular flexibility index (Phi) is 2.60. The average molecular weight is 255 g/mol. The van der Waals surface area contributed by atoms with Gasteiger partial charge in [-0.15, -0.1) is 0 Å². The Morgan fingerprint density at radius 1 is 1.26 bits per heavy atom. The van der Waals surface area contributed by atoms with Gasteiger partial charge in [-0.3, -0.25) is 9.38 Å². The van der Waals surface area contributed by atoms with Crippen LogP contribution in [0.1, 0.15) is 10.5 Å². The normalized spacial score (nSPS) is 10.5. The van der Waals surface area contributed by atoms with E-state index < -0.39 is 5.97 Å². The summed E-state index contributed by atoms with van der Waals surface area (Å²) in [6.45, 7) is 0. The summed E-state index contributed by atoms with van der Waals surface area (Å²) in [4.78, 5) is 19.4. The lowest BCUT2D eigenvalue weighted by Gasteiger charge is -2.02. The van der Waals surface area contributed by atoms with Crippen molar-refractivity contribution in [3.05, 3.63) is 54.6 Å². The maximum absolute atomic E-state index is 11.3. The first kappa shape index (κ1) is 11.2. The van der Waals surface area contributed by atoms with Gasteiger partial charge >= 0.3 is 5.97 Å². The molecule has 0 unspecified atom stereocenters. The number of fused-ring (bicyclic) bond motifs is 1. The lowest BCUT2D eigenvalue weighted by molar-refractivity contribution is 0.0686.